The van der Waals surface area contributed by atoms with Crippen molar-refractivity contribution in [3.8, 4) is 5.75 Å². The molecular formula is C22H13N3O2. The topological polar surface area (TPSA) is 65.0 Å². The minimum atomic E-state index is -0.483. The number of pyridine rings is 1. The average Bonchev–Trinajstić information content (AvgIpc) is 2.72. The second-order valence-electron chi connectivity index (χ2n) is 6.11. The average molecular weight is 351 g/mol. The first-order valence-electron chi connectivity index (χ1n) is 8.51. The number of aromatic nitrogens is 3. The van der Waals surface area contributed by atoms with E-state index in [4.69, 9.17) is 4.74 Å². The van der Waals surface area contributed by atoms with Crippen LogP contribution in [0.1, 0.15) is 10.4 Å². The van der Waals surface area contributed by atoms with Crippen LogP contribution in [0.5, 0.6) is 5.75 Å². The molecule has 5 aromatic rings. The zero-order valence-electron chi connectivity index (χ0n) is 14.2. The van der Waals surface area contributed by atoms with Crippen molar-refractivity contribution >= 4 is 38.9 Å². The van der Waals surface area contributed by atoms with Crippen LogP contribution in [0.3, 0.4) is 0 Å². The lowest BCUT2D eigenvalue weighted by molar-refractivity contribution is 0.0738. The summed E-state index contributed by atoms with van der Waals surface area (Å²) in [6.45, 7) is 0. The first-order valence-corrected chi connectivity index (χ1v) is 8.51. The normalized spacial score (nSPS) is 11.1. The molecule has 0 unspecified atom stereocenters. The molecule has 0 atom stereocenters. The summed E-state index contributed by atoms with van der Waals surface area (Å²) in [7, 11) is 0. The van der Waals surface area contributed by atoms with Gasteiger partial charge in [0, 0.05) is 11.6 Å². The number of fused-ring (bicyclic) bond motifs is 3. The Kier molecular flexibility index (Phi) is 3.50. The maximum atomic E-state index is 12.9. The molecule has 2 aromatic heterocycles. The number of carbonyl (C=O) groups is 1. The number of nitrogens with zero attached hydrogens (tertiary/aromatic N) is 3. The molecule has 0 spiro atoms. The number of rotatable bonds is 2. The highest BCUT2D eigenvalue weighted by Crippen LogP contribution is 2.25. The third-order valence-electron chi connectivity index (χ3n) is 4.39. The molecule has 0 amide bonds. The molecular weight excluding hydrogens is 338 g/mol. The van der Waals surface area contributed by atoms with Crippen molar-refractivity contribution in [1.29, 1.82) is 0 Å². The van der Waals surface area contributed by atoms with Crippen molar-refractivity contribution in [2.24, 2.45) is 0 Å². The fourth-order valence-corrected chi connectivity index (χ4v) is 3.12. The van der Waals surface area contributed by atoms with Gasteiger partial charge >= 0.3 is 5.97 Å². The van der Waals surface area contributed by atoms with Gasteiger partial charge in [0.05, 0.1) is 22.1 Å². The minimum Gasteiger partial charge on any atom is -0.421 e. The molecule has 0 radical (unpaired) electrons. The molecule has 2 heterocycles. The Morgan fingerprint density at radius 1 is 0.704 bits per heavy atom. The second kappa shape index (κ2) is 6.14. The Morgan fingerprint density at radius 2 is 1.44 bits per heavy atom. The van der Waals surface area contributed by atoms with Gasteiger partial charge in [-0.25, -0.2) is 14.8 Å². The number of hydrogen-bond donors (Lipinski definition) is 0. The van der Waals surface area contributed by atoms with Crippen molar-refractivity contribution in [3.05, 3.63) is 84.6 Å². The predicted molar refractivity (Wildman–Crippen MR) is 104 cm³/mol. The van der Waals surface area contributed by atoms with Crippen molar-refractivity contribution in [2.75, 3.05) is 0 Å². The maximum absolute atomic E-state index is 12.9. The number of carbonyl (C=O) groups excluding carboxylic acids is 1. The summed E-state index contributed by atoms with van der Waals surface area (Å²) in [5.74, 6) is -0.0628. The van der Waals surface area contributed by atoms with Gasteiger partial charge in [-0.2, -0.15) is 0 Å². The molecule has 0 aliphatic heterocycles. The molecule has 5 heteroatoms. The van der Waals surface area contributed by atoms with E-state index in [0.717, 1.165) is 16.4 Å². The van der Waals surface area contributed by atoms with Crippen LogP contribution < -0.4 is 4.74 Å². The number of ether oxygens (including phenoxy) is 1. The Hall–Kier alpha value is -3.86. The zero-order chi connectivity index (χ0) is 18.2. The smallest absolute Gasteiger partial charge is 0.345 e. The fourth-order valence-electron chi connectivity index (χ4n) is 3.12. The van der Waals surface area contributed by atoms with Crippen LogP contribution in [0, 0.1) is 0 Å². The first-order chi connectivity index (χ1) is 13.3. The molecule has 0 saturated heterocycles. The standard InChI is InChI=1S/C22H13N3O2/c26-22(27-19-12-3-6-14-7-5-13-23-20(14)19)15-8-4-11-18-21(15)25-17-10-2-1-9-16(17)24-18/h1-13H. The number of esters is 1. The predicted octanol–water partition coefficient (Wildman–Crippen LogP) is 4.55. The van der Waals surface area contributed by atoms with Gasteiger partial charge in [-0.05, 0) is 36.4 Å². The molecule has 128 valence electrons. The molecule has 0 aliphatic carbocycles. The van der Waals surface area contributed by atoms with Crippen LogP contribution in [-0.4, -0.2) is 20.9 Å². The third kappa shape index (κ3) is 2.66. The van der Waals surface area contributed by atoms with Gasteiger partial charge in [0.1, 0.15) is 11.0 Å². The van der Waals surface area contributed by atoms with Gasteiger partial charge in [0.2, 0.25) is 0 Å². The van der Waals surface area contributed by atoms with Gasteiger partial charge in [-0.15, -0.1) is 0 Å². The van der Waals surface area contributed by atoms with Crippen molar-refractivity contribution in [3.63, 3.8) is 0 Å². The summed E-state index contributed by atoms with van der Waals surface area (Å²) >= 11 is 0. The molecule has 0 bridgehead atoms. The Morgan fingerprint density at radius 3 is 2.33 bits per heavy atom. The molecule has 0 aliphatic rings. The van der Waals surface area contributed by atoms with Crippen molar-refractivity contribution in [2.45, 2.75) is 0 Å². The maximum Gasteiger partial charge on any atom is 0.345 e. The molecule has 5 nitrogen and oxygen atoms in total. The SMILES string of the molecule is O=C(Oc1cccc2cccnc12)c1cccc2nc3ccccc3nc12. The van der Waals surface area contributed by atoms with E-state index in [1.807, 2.05) is 54.6 Å². The van der Waals surface area contributed by atoms with Gasteiger partial charge in [0.15, 0.2) is 5.75 Å². The Labute approximate surface area is 154 Å². The lowest BCUT2D eigenvalue weighted by atomic mass is 10.1. The number of hydrogen-bond acceptors (Lipinski definition) is 5. The van der Waals surface area contributed by atoms with Gasteiger partial charge in [0.25, 0.3) is 0 Å². The van der Waals surface area contributed by atoms with Crippen molar-refractivity contribution < 1.29 is 9.53 Å². The summed E-state index contributed by atoms with van der Waals surface area (Å²) < 4.78 is 5.66. The molecule has 3 aromatic carbocycles. The highest BCUT2D eigenvalue weighted by molar-refractivity contribution is 6.05. The highest BCUT2D eigenvalue weighted by atomic mass is 16.5. The molecule has 0 saturated carbocycles. The minimum absolute atomic E-state index is 0.374. The van der Waals surface area contributed by atoms with Crippen LogP contribution in [0.15, 0.2) is 79.0 Å². The van der Waals surface area contributed by atoms with Gasteiger partial charge in [-0.1, -0.05) is 36.4 Å². The highest BCUT2D eigenvalue weighted by Gasteiger charge is 2.16. The molecule has 5 rings (SSSR count). The van der Waals surface area contributed by atoms with E-state index >= 15 is 0 Å². The lowest BCUT2D eigenvalue weighted by Crippen LogP contribution is -2.10. The van der Waals surface area contributed by atoms with E-state index in [1.165, 1.54) is 0 Å². The van der Waals surface area contributed by atoms with E-state index in [2.05, 4.69) is 15.0 Å². The fraction of sp³-hybridized carbons (Fsp3) is 0. The molecule has 0 N–H and O–H groups in total. The Bertz CT molecular complexity index is 1330. The quantitative estimate of drug-likeness (QED) is 0.265. The summed E-state index contributed by atoms with van der Waals surface area (Å²) in [6.07, 6.45) is 1.68. The summed E-state index contributed by atoms with van der Waals surface area (Å²) in [5, 5.41) is 0.909. The van der Waals surface area contributed by atoms with Crippen LogP contribution in [-0.2, 0) is 0 Å². The van der Waals surface area contributed by atoms with E-state index < -0.39 is 5.97 Å². The summed E-state index contributed by atoms with van der Waals surface area (Å²) in [4.78, 5) is 26.4. The summed E-state index contributed by atoms with van der Waals surface area (Å²) in [6, 6.07) is 22.2. The van der Waals surface area contributed by atoms with Gasteiger partial charge < -0.3 is 4.74 Å². The van der Waals surface area contributed by atoms with Crippen molar-refractivity contribution in [1.82, 2.24) is 15.0 Å². The third-order valence-corrected chi connectivity index (χ3v) is 4.39. The van der Waals surface area contributed by atoms with Crippen LogP contribution in [0.25, 0.3) is 33.0 Å². The Balaban J connectivity index is 1.62. The van der Waals surface area contributed by atoms with Gasteiger partial charge in [-0.3, -0.25) is 4.98 Å². The second-order valence-corrected chi connectivity index (χ2v) is 6.11. The van der Waals surface area contributed by atoms with Crippen LogP contribution in [0.4, 0.5) is 0 Å². The number of benzene rings is 3. The van der Waals surface area contributed by atoms with E-state index in [-0.39, 0.29) is 0 Å². The first kappa shape index (κ1) is 15.4. The van der Waals surface area contributed by atoms with Crippen LogP contribution >= 0.6 is 0 Å². The van der Waals surface area contributed by atoms with E-state index in [0.29, 0.717) is 27.9 Å². The largest absolute Gasteiger partial charge is 0.421 e. The molecule has 0 fully saturated rings. The van der Waals surface area contributed by atoms with E-state index in [1.54, 1.807) is 24.4 Å². The van der Waals surface area contributed by atoms with Crippen LogP contribution in [0.2, 0.25) is 0 Å². The van der Waals surface area contributed by atoms with E-state index in [9.17, 15) is 4.79 Å². The monoisotopic (exact) mass is 351 g/mol. The number of para-hydroxylation sites is 4. The lowest BCUT2D eigenvalue weighted by Gasteiger charge is -2.09. The zero-order valence-corrected chi connectivity index (χ0v) is 14.2. The summed E-state index contributed by atoms with van der Waals surface area (Å²) in [5.41, 5.74) is 3.71. The molecule has 27 heavy (non-hydrogen) atoms.